The summed E-state index contributed by atoms with van der Waals surface area (Å²) in [6, 6.07) is 0.668. The highest BCUT2D eigenvalue weighted by molar-refractivity contribution is 4.93. The lowest BCUT2D eigenvalue weighted by atomic mass is 10.1. The highest BCUT2D eigenvalue weighted by Crippen LogP contribution is 2.34. The fourth-order valence-corrected chi connectivity index (χ4v) is 2.07. The first-order valence-electron chi connectivity index (χ1n) is 5.89. The summed E-state index contributed by atoms with van der Waals surface area (Å²) in [4.78, 5) is 2.33. The van der Waals surface area contributed by atoms with Gasteiger partial charge in [-0.1, -0.05) is 5.21 Å². The summed E-state index contributed by atoms with van der Waals surface area (Å²) in [5, 5.41) is 11.3. The Morgan fingerprint density at radius 3 is 2.81 bits per heavy atom. The minimum atomic E-state index is 0.668. The van der Waals surface area contributed by atoms with Crippen molar-refractivity contribution in [3.63, 3.8) is 0 Å². The summed E-state index contributed by atoms with van der Waals surface area (Å²) in [7, 11) is 6.25. The third kappa shape index (κ3) is 2.80. The van der Waals surface area contributed by atoms with Gasteiger partial charge in [0.2, 0.25) is 0 Å². The minimum absolute atomic E-state index is 0.668. The second-order valence-corrected chi connectivity index (χ2v) is 4.85. The molecule has 1 unspecified atom stereocenters. The first-order valence-corrected chi connectivity index (χ1v) is 5.89. The number of likely N-dealkylation sites (N-methyl/N-ethyl adjacent to an activating group) is 1. The van der Waals surface area contributed by atoms with Crippen LogP contribution in [0.4, 0.5) is 0 Å². The molecule has 1 N–H and O–H groups in total. The molecule has 1 heterocycles. The quantitative estimate of drug-likeness (QED) is 0.750. The minimum Gasteiger partial charge on any atom is -0.310 e. The van der Waals surface area contributed by atoms with E-state index in [1.54, 1.807) is 0 Å². The molecule has 1 aliphatic carbocycles. The Balaban J connectivity index is 1.76. The molecule has 1 saturated carbocycles. The molecule has 0 aliphatic heterocycles. The van der Waals surface area contributed by atoms with Crippen LogP contribution in [-0.4, -0.2) is 46.6 Å². The third-order valence-electron chi connectivity index (χ3n) is 3.30. The molecule has 0 amide bonds. The number of aryl methyl sites for hydroxylation is 1. The van der Waals surface area contributed by atoms with Crippen LogP contribution in [0, 0.1) is 5.92 Å². The van der Waals surface area contributed by atoms with Crippen LogP contribution in [-0.2, 0) is 13.6 Å². The largest absolute Gasteiger partial charge is 0.310 e. The van der Waals surface area contributed by atoms with E-state index in [4.69, 9.17) is 0 Å². The maximum atomic E-state index is 3.91. The standard InChI is InChI=1S/C11H21N5/c1-15(2)11(9-4-5-9)8-12-6-10-7-13-14-16(10)3/h7,9,11-12H,4-6,8H2,1-3H3. The molecule has 90 valence electrons. The molecular weight excluding hydrogens is 202 g/mol. The fraction of sp³-hybridized carbons (Fsp3) is 0.818. The van der Waals surface area contributed by atoms with E-state index in [1.165, 1.54) is 12.8 Å². The van der Waals surface area contributed by atoms with Gasteiger partial charge in [0, 0.05) is 26.2 Å². The van der Waals surface area contributed by atoms with Gasteiger partial charge in [-0.2, -0.15) is 0 Å². The normalized spacial score (nSPS) is 18.0. The average molecular weight is 223 g/mol. The molecule has 1 aromatic heterocycles. The lowest BCUT2D eigenvalue weighted by molar-refractivity contribution is 0.255. The van der Waals surface area contributed by atoms with E-state index in [-0.39, 0.29) is 0 Å². The third-order valence-corrected chi connectivity index (χ3v) is 3.30. The molecule has 2 rings (SSSR count). The number of hydrogen-bond acceptors (Lipinski definition) is 4. The van der Waals surface area contributed by atoms with Crippen LogP contribution in [0.25, 0.3) is 0 Å². The molecule has 16 heavy (non-hydrogen) atoms. The topological polar surface area (TPSA) is 46.0 Å². The van der Waals surface area contributed by atoms with Gasteiger partial charge in [0.25, 0.3) is 0 Å². The van der Waals surface area contributed by atoms with Crippen LogP contribution >= 0.6 is 0 Å². The number of nitrogens with zero attached hydrogens (tertiary/aromatic N) is 4. The maximum absolute atomic E-state index is 3.91. The number of nitrogens with one attached hydrogen (secondary N) is 1. The molecule has 1 aliphatic rings. The fourth-order valence-electron chi connectivity index (χ4n) is 2.07. The van der Waals surface area contributed by atoms with Crippen molar-refractivity contribution >= 4 is 0 Å². The molecule has 1 aromatic rings. The van der Waals surface area contributed by atoms with Gasteiger partial charge in [0.15, 0.2) is 0 Å². The summed E-state index contributed by atoms with van der Waals surface area (Å²) >= 11 is 0. The summed E-state index contributed by atoms with van der Waals surface area (Å²) in [5.41, 5.74) is 1.13. The van der Waals surface area contributed by atoms with Crippen LogP contribution < -0.4 is 5.32 Å². The monoisotopic (exact) mass is 223 g/mol. The van der Waals surface area contributed by atoms with Gasteiger partial charge in [-0.25, -0.2) is 0 Å². The average Bonchev–Trinajstić information content (AvgIpc) is 2.98. The summed E-state index contributed by atoms with van der Waals surface area (Å²) < 4.78 is 1.81. The summed E-state index contributed by atoms with van der Waals surface area (Å²) in [5.74, 6) is 0.896. The van der Waals surface area contributed by atoms with Crippen LogP contribution in [0.5, 0.6) is 0 Å². The van der Waals surface area contributed by atoms with Crippen LogP contribution in [0.1, 0.15) is 18.5 Å². The van der Waals surface area contributed by atoms with Gasteiger partial charge in [0.05, 0.1) is 11.9 Å². The van der Waals surface area contributed by atoms with E-state index < -0.39 is 0 Å². The Labute approximate surface area is 96.8 Å². The van der Waals surface area contributed by atoms with E-state index in [1.807, 2.05) is 17.9 Å². The zero-order valence-corrected chi connectivity index (χ0v) is 10.3. The molecule has 0 radical (unpaired) electrons. The molecule has 1 atom stereocenters. The van der Waals surface area contributed by atoms with Crippen LogP contribution in [0.3, 0.4) is 0 Å². The maximum Gasteiger partial charge on any atom is 0.0738 e. The molecule has 5 nitrogen and oxygen atoms in total. The number of aromatic nitrogens is 3. The van der Waals surface area contributed by atoms with Gasteiger partial charge in [-0.15, -0.1) is 5.10 Å². The van der Waals surface area contributed by atoms with E-state index in [2.05, 4.69) is 34.6 Å². The van der Waals surface area contributed by atoms with Gasteiger partial charge >= 0.3 is 0 Å². The highest BCUT2D eigenvalue weighted by Gasteiger charge is 2.32. The van der Waals surface area contributed by atoms with Gasteiger partial charge < -0.3 is 10.2 Å². The van der Waals surface area contributed by atoms with Crippen molar-refractivity contribution in [1.29, 1.82) is 0 Å². The lowest BCUT2D eigenvalue weighted by Gasteiger charge is -2.24. The van der Waals surface area contributed by atoms with E-state index in [9.17, 15) is 0 Å². The zero-order chi connectivity index (χ0) is 11.5. The van der Waals surface area contributed by atoms with Crippen molar-refractivity contribution in [3.8, 4) is 0 Å². The first-order chi connectivity index (χ1) is 7.68. The predicted molar refractivity (Wildman–Crippen MR) is 62.9 cm³/mol. The zero-order valence-electron chi connectivity index (χ0n) is 10.3. The van der Waals surface area contributed by atoms with Gasteiger partial charge in [-0.05, 0) is 32.9 Å². The molecule has 0 aromatic carbocycles. The molecule has 1 fully saturated rings. The van der Waals surface area contributed by atoms with Crippen molar-refractivity contribution in [2.45, 2.75) is 25.4 Å². The lowest BCUT2D eigenvalue weighted by Crippen LogP contribution is -2.39. The SMILES string of the molecule is CN(C)C(CNCc1cnnn1C)C1CC1. The molecular formula is C11H21N5. The second kappa shape index (κ2) is 4.93. The molecule has 0 saturated heterocycles. The summed E-state index contributed by atoms with van der Waals surface area (Å²) in [6.45, 7) is 1.89. The van der Waals surface area contributed by atoms with E-state index >= 15 is 0 Å². The number of hydrogen-bond donors (Lipinski definition) is 1. The van der Waals surface area contributed by atoms with Crippen molar-refractivity contribution in [2.24, 2.45) is 13.0 Å². The van der Waals surface area contributed by atoms with Crippen LogP contribution in [0.2, 0.25) is 0 Å². The van der Waals surface area contributed by atoms with Gasteiger partial charge in [-0.3, -0.25) is 4.68 Å². The number of rotatable bonds is 6. The Morgan fingerprint density at radius 2 is 2.31 bits per heavy atom. The van der Waals surface area contributed by atoms with Crippen molar-refractivity contribution in [1.82, 2.24) is 25.2 Å². The van der Waals surface area contributed by atoms with Crippen molar-refractivity contribution in [2.75, 3.05) is 20.6 Å². The smallest absolute Gasteiger partial charge is 0.0738 e. The first kappa shape index (κ1) is 11.5. The van der Waals surface area contributed by atoms with Crippen molar-refractivity contribution in [3.05, 3.63) is 11.9 Å². The Bertz CT molecular complexity index is 327. The second-order valence-electron chi connectivity index (χ2n) is 4.85. The predicted octanol–water partition coefficient (Wildman–Crippen LogP) is 0.245. The molecule has 0 spiro atoms. The molecule has 5 heteroatoms. The van der Waals surface area contributed by atoms with E-state index in [0.29, 0.717) is 6.04 Å². The summed E-state index contributed by atoms with van der Waals surface area (Å²) in [6.07, 6.45) is 4.59. The Hall–Kier alpha value is -0.940. The molecule has 0 bridgehead atoms. The van der Waals surface area contributed by atoms with Gasteiger partial charge in [0.1, 0.15) is 0 Å². The Kier molecular flexibility index (Phi) is 3.56. The van der Waals surface area contributed by atoms with Crippen molar-refractivity contribution < 1.29 is 0 Å². The van der Waals surface area contributed by atoms with E-state index in [0.717, 1.165) is 24.7 Å². The highest BCUT2D eigenvalue weighted by atomic mass is 15.4. The van der Waals surface area contributed by atoms with Crippen LogP contribution in [0.15, 0.2) is 6.20 Å². The Morgan fingerprint density at radius 1 is 1.56 bits per heavy atom.